The molecule has 122 valence electrons. The Morgan fingerprint density at radius 1 is 1.17 bits per heavy atom. The van der Waals surface area contributed by atoms with E-state index in [2.05, 4.69) is 16.5 Å². The van der Waals surface area contributed by atoms with Crippen molar-refractivity contribution in [2.24, 2.45) is 0 Å². The zero-order valence-corrected chi connectivity index (χ0v) is 14.2. The van der Waals surface area contributed by atoms with Crippen molar-refractivity contribution in [2.75, 3.05) is 5.32 Å². The van der Waals surface area contributed by atoms with Crippen LogP contribution < -0.4 is 5.32 Å². The molecule has 1 amide bonds. The molecule has 0 atom stereocenters. The number of hydrogen-bond acceptors (Lipinski definition) is 3. The molecule has 2 aliphatic carbocycles. The third kappa shape index (κ3) is 3.07. The maximum absolute atomic E-state index is 12.6. The number of aromatic nitrogens is 2. The highest BCUT2D eigenvalue weighted by molar-refractivity contribution is 7.14. The zero-order chi connectivity index (χ0) is 15.6. The van der Waals surface area contributed by atoms with E-state index in [0.717, 1.165) is 36.4 Å². The maximum atomic E-state index is 12.6. The summed E-state index contributed by atoms with van der Waals surface area (Å²) in [5, 5.41) is 7.54. The lowest BCUT2D eigenvalue weighted by Crippen LogP contribution is -2.19. The zero-order valence-electron chi connectivity index (χ0n) is 13.4. The van der Waals surface area contributed by atoms with E-state index in [1.54, 1.807) is 17.5 Å². The summed E-state index contributed by atoms with van der Waals surface area (Å²) in [4.78, 5) is 14.9. The highest BCUT2D eigenvalue weighted by Gasteiger charge is 2.21. The van der Waals surface area contributed by atoms with Crippen LogP contribution in [0.15, 0.2) is 18.3 Å². The number of anilines is 1. The minimum absolute atomic E-state index is 0.0157. The van der Waals surface area contributed by atoms with Crippen LogP contribution in [-0.2, 0) is 12.8 Å². The minimum atomic E-state index is 0.0157. The lowest BCUT2D eigenvalue weighted by atomic mass is 9.96. The molecule has 0 aliphatic heterocycles. The fraction of sp³-hybridized carbons (Fsp3) is 0.556. The fourth-order valence-electron chi connectivity index (χ4n) is 3.81. The molecule has 4 rings (SSSR count). The second kappa shape index (κ2) is 6.48. The van der Waals surface area contributed by atoms with E-state index in [4.69, 9.17) is 0 Å². The first-order valence-electron chi connectivity index (χ1n) is 8.78. The summed E-state index contributed by atoms with van der Waals surface area (Å²) in [6.45, 7) is 0. The Labute approximate surface area is 140 Å². The number of fused-ring (bicyclic) bond motifs is 1. The van der Waals surface area contributed by atoms with Gasteiger partial charge in [-0.25, -0.2) is 4.68 Å². The van der Waals surface area contributed by atoms with Crippen LogP contribution in [0.5, 0.6) is 0 Å². The standard InChI is InChI=1S/C18H23N3OS/c22-18(16-12-13-6-4-5-9-15(13)23-16)20-17-10-11-19-21(17)14-7-2-1-3-8-14/h10-12,14H,1-9H2,(H,20,22). The number of carbonyl (C=O) groups excluding carboxylic acids is 1. The number of nitrogens with zero attached hydrogens (tertiary/aromatic N) is 2. The van der Waals surface area contributed by atoms with Crippen molar-refractivity contribution in [3.63, 3.8) is 0 Å². The molecule has 1 fully saturated rings. The molecular formula is C18H23N3OS. The molecule has 5 heteroatoms. The molecule has 0 spiro atoms. The SMILES string of the molecule is O=C(Nc1ccnn1C1CCCCC1)c1cc2c(s1)CCCC2. The van der Waals surface area contributed by atoms with Crippen molar-refractivity contribution < 1.29 is 4.79 Å². The van der Waals surface area contributed by atoms with Gasteiger partial charge in [0.25, 0.3) is 5.91 Å². The van der Waals surface area contributed by atoms with E-state index in [1.165, 1.54) is 42.5 Å². The number of rotatable bonds is 3. The number of carbonyl (C=O) groups is 1. The molecule has 23 heavy (non-hydrogen) atoms. The second-order valence-corrected chi connectivity index (χ2v) is 7.81. The van der Waals surface area contributed by atoms with Gasteiger partial charge in [0, 0.05) is 10.9 Å². The summed E-state index contributed by atoms with van der Waals surface area (Å²) in [6, 6.07) is 4.45. The first-order valence-corrected chi connectivity index (χ1v) is 9.59. The Bertz CT molecular complexity index is 673. The van der Waals surface area contributed by atoms with Gasteiger partial charge < -0.3 is 5.32 Å². The van der Waals surface area contributed by atoms with Gasteiger partial charge in [-0.2, -0.15) is 5.10 Å². The summed E-state index contributed by atoms with van der Waals surface area (Å²) >= 11 is 1.67. The fourth-order valence-corrected chi connectivity index (χ4v) is 4.96. The summed E-state index contributed by atoms with van der Waals surface area (Å²) < 4.78 is 2.02. The van der Waals surface area contributed by atoms with Crippen LogP contribution in [0, 0.1) is 0 Å². The molecular weight excluding hydrogens is 306 g/mol. The monoisotopic (exact) mass is 329 g/mol. The van der Waals surface area contributed by atoms with Crippen molar-refractivity contribution >= 4 is 23.1 Å². The number of nitrogens with one attached hydrogen (secondary N) is 1. The summed E-state index contributed by atoms with van der Waals surface area (Å²) in [6.07, 6.45) is 12.7. The quantitative estimate of drug-likeness (QED) is 0.896. The van der Waals surface area contributed by atoms with Gasteiger partial charge in [-0.15, -0.1) is 11.3 Å². The Kier molecular flexibility index (Phi) is 4.21. The van der Waals surface area contributed by atoms with Crippen LogP contribution >= 0.6 is 11.3 Å². The third-order valence-corrected chi connectivity index (χ3v) is 6.29. The summed E-state index contributed by atoms with van der Waals surface area (Å²) in [7, 11) is 0. The van der Waals surface area contributed by atoms with E-state index >= 15 is 0 Å². The molecule has 2 heterocycles. The molecule has 1 N–H and O–H groups in total. The lowest BCUT2D eigenvalue weighted by Gasteiger charge is -2.23. The van der Waals surface area contributed by atoms with Crippen LogP contribution in [0.2, 0.25) is 0 Å². The predicted octanol–water partition coefficient (Wildman–Crippen LogP) is 4.58. The smallest absolute Gasteiger partial charge is 0.266 e. The molecule has 1 saturated carbocycles. The maximum Gasteiger partial charge on any atom is 0.266 e. The highest BCUT2D eigenvalue weighted by Crippen LogP contribution is 2.32. The Morgan fingerprint density at radius 3 is 2.83 bits per heavy atom. The van der Waals surface area contributed by atoms with E-state index < -0.39 is 0 Å². The van der Waals surface area contributed by atoms with Crippen LogP contribution in [0.4, 0.5) is 5.82 Å². The van der Waals surface area contributed by atoms with Gasteiger partial charge in [0.1, 0.15) is 5.82 Å². The number of thiophene rings is 1. The lowest BCUT2D eigenvalue weighted by molar-refractivity contribution is 0.102. The van der Waals surface area contributed by atoms with Gasteiger partial charge in [0.2, 0.25) is 0 Å². The molecule has 2 aromatic rings. The van der Waals surface area contributed by atoms with E-state index in [0.29, 0.717) is 6.04 Å². The van der Waals surface area contributed by atoms with Crippen molar-refractivity contribution in [1.82, 2.24) is 9.78 Å². The van der Waals surface area contributed by atoms with E-state index in [1.807, 2.05) is 10.7 Å². The normalized spacial score (nSPS) is 18.6. The Hall–Kier alpha value is -1.62. The van der Waals surface area contributed by atoms with Crippen LogP contribution in [0.25, 0.3) is 0 Å². The van der Waals surface area contributed by atoms with Gasteiger partial charge in [0.15, 0.2) is 0 Å². The molecule has 2 aliphatic rings. The first-order chi connectivity index (χ1) is 11.3. The summed E-state index contributed by atoms with van der Waals surface area (Å²) in [5.41, 5.74) is 1.38. The second-order valence-electron chi connectivity index (χ2n) is 6.67. The predicted molar refractivity (Wildman–Crippen MR) is 93.3 cm³/mol. The molecule has 0 saturated heterocycles. The van der Waals surface area contributed by atoms with Gasteiger partial charge in [-0.3, -0.25) is 4.79 Å². The minimum Gasteiger partial charge on any atom is -0.306 e. The van der Waals surface area contributed by atoms with Gasteiger partial charge in [0.05, 0.1) is 17.1 Å². The summed E-state index contributed by atoms with van der Waals surface area (Å²) in [5.74, 6) is 0.857. The molecule has 0 radical (unpaired) electrons. The highest BCUT2D eigenvalue weighted by atomic mass is 32.1. The largest absolute Gasteiger partial charge is 0.306 e. The van der Waals surface area contributed by atoms with Crippen molar-refractivity contribution in [2.45, 2.75) is 63.8 Å². The van der Waals surface area contributed by atoms with Crippen molar-refractivity contribution in [3.8, 4) is 0 Å². The number of amides is 1. The molecule has 0 unspecified atom stereocenters. The Morgan fingerprint density at radius 2 is 2.00 bits per heavy atom. The van der Waals surface area contributed by atoms with Gasteiger partial charge in [-0.05, 0) is 50.2 Å². The van der Waals surface area contributed by atoms with Crippen molar-refractivity contribution in [3.05, 3.63) is 33.6 Å². The molecule has 4 nitrogen and oxygen atoms in total. The van der Waals surface area contributed by atoms with Crippen LogP contribution in [0.3, 0.4) is 0 Å². The van der Waals surface area contributed by atoms with Crippen molar-refractivity contribution in [1.29, 1.82) is 0 Å². The first kappa shape index (κ1) is 14.9. The van der Waals surface area contributed by atoms with E-state index in [-0.39, 0.29) is 5.91 Å². The average Bonchev–Trinajstić information content (AvgIpc) is 3.22. The molecule has 0 aromatic carbocycles. The van der Waals surface area contributed by atoms with Gasteiger partial charge >= 0.3 is 0 Å². The van der Waals surface area contributed by atoms with Gasteiger partial charge in [-0.1, -0.05) is 19.3 Å². The van der Waals surface area contributed by atoms with Crippen LogP contribution in [-0.4, -0.2) is 15.7 Å². The molecule has 2 aromatic heterocycles. The number of aryl methyl sites for hydroxylation is 2. The van der Waals surface area contributed by atoms with E-state index in [9.17, 15) is 4.79 Å². The molecule has 0 bridgehead atoms. The third-order valence-electron chi connectivity index (χ3n) is 5.05. The topological polar surface area (TPSA) is 46.9 Å². The number of hydrogen-bond donors (Lipinski definition) is 1. The Balaban J connectivity index is 1.50. The average molecular weight is 329 g/mol. The van der Waals surface area contributed by atoms with Crippen LogP contribution in [0.1, 0.15) is 71.1 Å².